The van der Waals surface area contributed by atoms with Gasteiger partial charge in [0.1, 0.15) is 11.6 Å². The van der Waals surface area contributed by atoms with Crippen molar-refractivity contribution in [2.45, 2.75) is 39.7 Å². The SMILES string of the molecule is CNc1cc([C@H]2CCCN2c2nc(C)cc(C)n2)nc(C)n1. The maximum Gasteiger partial charge on any atom is 0.226 e. The first-order valence-corrected chi connectivity index (χ1v) is 7.69. The molecule has 6 nitrogen and oxygen atoms in total. The van der Waals surface area contributed by atoms with Crippen LogP contribution >= 0.6 is 0 Å². The normalized spacial score (nSPS) is 17.8. The van der Waals surface area contributed by atoms with Crippen molar-refractivity contribution in [3.05, 3.63) is 35.0 Å². The lowest BCUT2D eigenvalue weighted by Gasteiger charge is -2.25. The van der Waals surface area contributed by atoms with Gasteiger partial charge < -0.3 is 10.2 Å². The smallest absolute Gasteiger partial charge is 0.226 e. The highest BCUT2D eigenvalue weighted by Gasteiger charge is 2.30. The van der Waals surface area contributed by atoms with E-state index in [1.807, 2.05) is 40.0 Å². The topological polar surface area (TPSA) is 66.8 Å². The van der Waals surface area contributed by atoms with E-state index in [2.05, 4.69) is 30.2 Å². The number of anilines is 2. The summed E-state index contributed by atoms with van der Waals surface area (Å²) in [7, 11) is 1.88. The van der Waals surface area contributed by atoms with Gasteiger partial charge in [0, 0.05) is 31.0 Å². The van der Waals surface area contributed by atoms with Crippen molar-refractivity contribution < 1.29 is 0 Å². The van der Waals surface area contributed by atoms with Gasteiger partial charge in [0.05, 0.1) is 11.7 Å². The highest BCUT2D eigenvalue weighted by molar-refractivity contribution is 5.42. The number of aromatic nitrogens is 4. The number of nitrogens with zero attached hydrogens (tertiary/aromatic N) is 5. The van der Waals surface area contributed by atoms with E-state index < -0.39 is 0 Å². The second-order valence-electron chi connectivity index (χ2n) is 5.78. The van der Waals surface area contributed by atoms with Crippen LogP contribution in [0.25, 0.3) is 0 Å². The zero-order valence-corrected chi connectivity index (χ0v) is 13.6. The second kappa shape index (κ2) is 5.87. The molecule has 0 radical (unpaired) electrons. The maximum atomic E-state index is 4.64. The first kappa shape index (κ1) is 14.7. The molecular formula is C16H22N6. The molecule has 0 saturated carbocycles. The molecule has 0 unspecified atom stereocenters. The van der Waals surface area contributed by atoms with E-state index in [4.69, 9.17) is 0 Å². The van der Waals surface area contributed by atoms with Gasteiger partial charge in [-0.2, -0.15) is 0 Å². The Balaban J connectivity index is 1.98. The molecule has 1 fully saturated rings. The molecule has 1 saturated heterocycles. The minimum atomic E-state index is 0.218. The predicted molar refractivity (Wildman–Crippen MR) is 87.1 cm³/mol. The van der Waals surface area contributed by atoms with Crippen molar-refractivity contribution in [1.82, 2.24) is 19.9 Å². The number of aryl methyl sites for hydroxylation is 3. The summed E-state index contributed by atoms with van der Waals surface area (Å²) >= 11 is 0. The fraction of sp³-hybridized carbons (Fsp3) is 0.500. The van der Waals surface area contributed by atoms with Crippen molar-refractivity contribution in [1.29, 1.82) is 0 Å². The molecule has 1 atom stereocenters. The first-order chi connectivity index (χ1) is 10.6. The lowest BCUT2D eigenvalue weighted by atomic mass is 10.1. The van der Waals surface area contributed by atoms with Gasteiger partial charge in [-0.05, 0) is 39.7 Å². The molecule has 0 aliphatic carbocycles. The number of nitrogens with one attached hydrogen (secondary N) is 1. The van der Waals surface area contributed by atoms with Gasteiger partial charge in [0.2, 0.25) is 5.95 Å². The van der Waals surface area contributed by atoms with Crippen molar-refractivity contribution in [2.24, 2.45) is 0 Å². The number of rotatable bonds is 3. The van der Waals surface area contributed by atoms with Crippen molar-refractivity contribution >= 4 is 11.8 Å². The van der Waals surface area contributed by atoms with Gasteiger partial charge in [0.25, 0.3) is 0 Å². The van der Waals surface area contributed by atoms with Crippen LogP contribution in [-0.4, -0.2) is 33.5 Å². The molecule has 1 aliphatic rings. The summed E-state index contributed by atoms with van der Waals surface area (Å²) in [5.74, 6) is 2.45. The third-order valence-electron chi connectivity index (χ3n) is 3.94. The lowest BCUT2D eigenvalue weighted by molar-refractivity contribution is 0.671. The third-order valence-corrected chi connectivity index (χ3v) is 3.94. The molecule has 3 rings (SSSR count). The minimum Gasteiger partial charge on any atom is -0.373 e. The Labute approximate surface area is 131 Å². The van der Waals surface area contributed by atoms with E-state index in [0.29, 0.717) is 0 Å². The molecule has 22 heavy (non-hydrogen) atoms. The van der Waals surface area contributed by atoms with Crippen LogP contribution in [0.4, 0.5) is 11.8 Å². The predicted octanol–water partition coefficient (Wildman–Crippen LogP) is 2.58. The fourth-order valence-electron chi connectivity index (χ4n) is 3.04. The molecule has 2 aromatic heterocycles. The van der Waals surface area contributed by atoms with Gasteiger partial charge in [0.15, 0.2) is 0 Å². The number of hydrogen-bond donors (Lipinski definition) is 1. The zero-order valence-electron chi connectivity index (χ0n) is 13.6. The molecule has 1 aliphatic heterocycles. The van der Waals surface area contributed by atoms with Crippen LogP contribution in [0.15, 0.2) is 12.1 Å². The Morgan fingerprint density at radius 2 is 1.77 bits per heavy atom. The van der Waals surface area contributed by atoms with Crippen LogP contribution < -0.4 is 10.2 Å². The summed E-state index contributed by atoms with van der Waals surface area (Å²) in [6.45, 7) is 6.91. The van der Waals surface area contributed by atoms with Crippen molar-refractivity contribution in [3.63, 3.8) is 0 Å². The molecule has 0 bridgehead atoms. The average Bonchev–Trinajstić information content (AvgIpc) is 2.95. The van der Waals surface area contributed by atoms with E-state index >= 15 is 0 Å². The van der Waals surface area contributed by atoms with E-state index in [0.717, 1.165) is 54.1 Å². The van der Waals surface area contributed by atoms with Crippen LogP contribution in [0.2, 0.25) is 0 Å². The van der Waals surface area contributed by atoms with E-state index in [-0.39, 0.29) is 6.04 Å². The van der Waals surface area contributed by atoms with E-state index in [1.165, 1.54) is 0 Å². The van der Waals surface area contributed by atoms with Gasteiger partial charge in [-0.1, -0.05) is 0 Å². The molecule has 1 N–H and O–H groups in total. The van der Waals surface area contributed by atoms with Crippen LogP contribution in [0.1, 0.15) is 41.8 Å². The van der Waals surface area contributed by atoms with Crippen LogP contribution in [0.3, 0.4) is 0 Å². The summed E-state index contributed by atoms with van der Waals surface area (Å²) < 4.78 is 0. The largest absolute Gasteiger partial charge is 0.373 e. The quantitative estimate of drug-likeness (QED) is 0.939. The standard InChI is InChI=1S/C16H22N6/c1-10-8-11(2)19-16(18-10)22-7-5-6-14(22)13-9-15(17-4)21-12(3)20-13/h8-9,14H,5-7H2,1-4H3,(H,17,20,21)/t14-/m1/s1. The van der Waals surface area contributed by atoms with Crippen molar-refractivity contribution in [3.8, 4) is 0 Å². The first-order valence-electron chi connectivity index (χ1n) is 7.69. The van der Waals surface area contributed by atoms with Gasteiger partial charge in [-0.25, -0.2) is 19.9 Å². The van der Waals surface area contributed by atoms with E-state index in [1.54, 1.807) is 0 Å². The molecule has 0 amide bonds. The van der Waals surface area contributed by atoms with Gasteiger partial charge in [-0.15, -0.1) is 0 Å². The third kappa shape index (κ3) is 2.86. The maximum absolute atomic E-state index is 4.64. The Hall–Kier alpha value is -2.24. The van der Waals surface area contributed by atoms with Crippen molar-refractivity contribution in [2.75, 3.05) is 23.8 Å². The second-order valence-corrected chi connectivity index (χ2v) is 5.78. The molecule has 0 spiro atoms. The Morgan fingerprint density at radius 1 is 1.05 bits per heavy atom. The Morgan fingerprint density at radius 3 is 2.45 bits per heavy atom. The lowest BCUT2D eigenvalue weighted by Crippen LogP contribution is -2.26. The Kier molecular flexibility index (Phi) is 3.92. The zero-order chi connectivity index (χ0) is 15.7. The highest BCUT2D eigenvalue weighted by atomic mass is 15.3. The minimum absolute atomic E-state index is 0.218. The molecule has 2 aromatic rings. The van der Waals surface area contributed by atoms with E-state index in [9.17, 15) is 0 Å². The molecule has 0 aromatic carbocycles. The van der Waals surface area contributed by atoms with Crippen LogP contribution in [0.5, 0.6) is 0 Å². The summed E-state index contributed by atoms with van der Waals surface area (Å²) in [6.07, 6.45) is 2.19. The molecule has 116 valence electrons. The average molecular weight is 298 g/mol. The summed E-state index contributed by atoms with van der Waals surface area (Å²) in [5, 5.41) is 3.10. The Bertz CT molecular complexity index is 664. The molecule has 6 heteroatoms. The summed E-state index contributed by atoms with van der Waals surface area (Å²) in [5.41, 5.74) is 3.04. The van der Waals surface area contributed by atoms with Gasteiger partial charge >= 0.3 is 0 Å². The fourth-order valence-corrected chi connectivity index (χ4v) is 3.04. The van der Waals surface area contributed by atoms with Crippen LogP contribution in [-0.2, 0) is 0 Å². The summed E-state index contributed by atoms with van der Waals surface area (Å²) in [4.78, 5) is 20.5. The molecular weight excluding hydrogens is 276 g/mol. The van der Waals surface area contributed by atoms with Gasteiger partial charge in [-0.3, -0.25) is 0 Å². The summed E-state index contributed by atoms with van der Waals surface area (Å²) in [6, 6.07) is 4.25. The number of hydrogen-bond acceptors (Lipinski definition) is 6. The molecule has 3 heterocycles. The monoisotopic (exact) mass is 298 g/mol. The van der Waals surface area contributed by atoms with Crippen LogP contribution in [0, 0.1) is 20.8 Å². The highest BCUT2D eigenvalue weighted by Crippen LogP contribution is 2.34.